The topological polar surface area (TPSA) is 12.0 Å². The zero-order valence-electron chi connectivity index (χ0n) is 7.19. The van der Waals surface area contributed by atoms with E-state index in [-0.39, 0.29) is 18.3 Å². The Morgan fingerprint density at radius 1 is 1.27 bits per heavy atom. The van der Waals surface area contributed by atoms with Gasteiger partial charge in [0.1, 0.15) is 5.67 Å². The van der Waals surface area contributed by atoms with Gasteiger partial charge in [-0.3, -0.25) is 0 Å². The predicted molar refractivity (Wildman–Crippen MR) is 48.0 cm³/mol. The SMILES string of the molecule is CC(C)(F)C1CCNCC1.Cl. The van der Waals surface area contributed by atoms with Crippen molar-refractivity contribution >= 4 is 12.4 Å². The van der Waals surface area contributed by atoms with E-state index in [2.05, 4.69) is 5.32 Å². The van der Waals surface area contributed by atoms with Crippen molar-refractivity contribution < 1.29 is 4.39 Å². The molecule has 1 N–H and O–H groups in total. The Kier molecular flexibility index (Phi) is 4.34. The molecule has 1 rings (SSSR count). The second-order valence-corrected chi connectivity index (χ2v) is 3.59. The lowest BCUT2D eigenvalue weighted by Gasteiger charge is -2.30. The molecule has 0 spiro atoms. The number of rotatable bonds is 1. The maximum atomic E-state index is 13.2. The minimum Gasteiger partial charge on any atom is -0.317 e. The summed E-state index contributed by atoms with van der Waals surface area (Å²) in [5.41, 5.74) is -0.970. The molecule has 1 nitrogen and oxygen atoms in total. The van der Waals surface area contributed by atoms with E-state index in [1.54, 1.807) is 13.8 Å². The second-order valence-electron chi connectivity index (χ2n) is 3.59. The van der Waals surface area contributed by atoms with Gasteiger partial charge in [-0.25, -0.2) is 4.39 Å². The van der Waals surface area contributed by atoms with Crippen LogP contribution in [-0.2, 0) is 0 Å². The summed E-state index contributed by atoms with van der Waals surface area (Å²) in [7, 11) is 0. The van der Waals surface area contributed by atoms with Gasteiger partial charge in [0.25, 0.3) is 0 Å². The smallest absolute Gasteiger partial charge is 0.108 e. The Hall–Kier alpha value is 0.180. The van der Waals surface area contributed by atoms with Gasteiger partial charge in [0.05, 0.1) is 0 Å². The van der Waals surface area contributed by atoms with Crippen LogP contribution in [0.4, 0.5) is 4.39 Å². The molecule has 1 aliphatic heterocycles. The number of halogens is 2. The highest BCUT2D eigenvalue weighted by molar-refractivity contribution is 5.85. The molecule has 1 aliphatic rings. The van der Waals surface area contributed by atoms with Crippen molar-refractivity contribution in [1.29, 1.82) is 0 Å². The van der Waals surface area contributed by atoms with E-state index in [4.69, 9.17) is 0 Å². The highest BCUT2D eigenvalue weighted by Crippen LogP contribution is 2.28. The molecule has 1 saturated heterocycles. The van der Waals surface area contributed by atoms with Crippen LogP contribution in [0.5, 0.6) is 0 Å². The molecule has 11 heavy (non-hydrogen) atoms. The van der Waals surface area contributed by atoms with Gasteiger partial charge in [-0.05, 0) is 45.7 Å². The lowest BCUT2D eigenvalue weighted by molar-refractivity contribution is 0.0993. The molecule has 0 radical (unpaired) electrons. The second kappa shape index (κ2) is 4.27. The summed E-state index contributed by atoms with van der Waals surface area (Å²) in [5.74, 6) is 0.272. The van der Waals surface area contributed by atoms with Crippen molar-refractivity contribution in [3.8, 4) is 0 Å². The number of piperidine rings is 1. The highest BCUT2D eigenvalue weighted by Gasteiger charge is 2.29. The summed E-state index contributed by atoms with van der Waals surface area (Å²) in [5, 5.41) is 3.22. The zero-order chi connectivity index (χ0) is 7.61. The summed E-state index contributed by atoms with van der Waals surface area (Å²) >= 11 is 0. The fourth-order valence-corrected chi connectivity index (χ4v) is 1.51. The Labute approximate surface area is 74.2 Å². The average Bonchev–Trinajstić information content (AvgIpc) is 1.88. The third kappa shape index (κ3) is 3.39. The normalized spacial score (nSPS) is 21.0. The van der Waals surface area contributed by atoms with Crippen LogP contribution < -0.4 is 5.32 Å². The van der Waals surface area contributed by atoms with Crippen LogP contribution in [0.2, 0.25) is 0 Å². The lowest BCUT2D eigenvalue weighted by atomic mass is 9.85. The monoisotopic (exact) mass is 181 g/mol. The van der Waals surface area contributed by atoms with E-state index in [9.17, 15) is 4.39 Å². The molecule has 0 amide bonds. The fourth-order valence-electron chi connectivity index (χ4n) is 1.51. The minimum atomic E-state index is -0.970. The Bertz CT molecular complexity index is 105. The molecule has 1 fully saturated rings. The largest absolute Gasteiger partial charge is 0.317 e. The molecule has 0 aromatic rings. The van der Waals surface area contributed by atoms with Crippen molar-refractivity contribution in [2.75, 3.05) is 13.1 Å². The van der Waals surface area contributed by atoms with Crippen LogP contribution in [0.15, 0.2) is 0 Å². The van der Waals surface area contributed by atoms with E-state index in [1.807, 2.05) is 0 Å². The number of alkyl halides is 1. The van der Waals surface area contributed by atoms with Crippen molar-refractivity contribution in [2.45, 2.75) is 32.4 Å². The van der Waals surface area contributed by atoms with E-state index >= 15 is 0 Å². The molecular formula is C8H17ClFN. The summed E-state index contributed by atoms with van der Waals surface area (Å²) in [6, 6.07) is 0. The van der Waals surface area contributed by atoms with Crippen LogP contribution in [0, 0.1) is 5.92 Å². The first-order valence-corrected chi connectivity index (χ1v) is 4.00. The van der Waals surface area contributed by atoms with Gasteiger partial charge < -0.3 is 5.32 Å². The number of hydrogen-bond acceptors (Lipinski definition) is 1. The van der Waals surface area contributed by atoms with Crippen LogP contribution >= 0.6 is 12.4 Å². The maximum absolute atomic E-state index is 13.2. The first-order valence-electron chi connectivity index (χ1n) is 4.00. The molecule has 0 aromatic carbocycles. The molecule has 3 heteroatoms. The first kappa shape index (κ1) is 11.2. The fraction of sp³-hybridized carbons (Fsp3) is 1.00. The molecular weight excluding hydrogens is 165 g/mol. The first-order chi connectivity index (χ1) is 4.61. The van der Waals surface area contributed by atoms with Gasteiger partial charge in [-0.2, -0.15) is 0 Å². The summed E-state index contributed by atoms with van der Waals surface area (Å²) in [6.07, 6.45) is 1.98. The Morgan fingerprint density at radius 2 is 1.73 bits per heavy atom. The van der Waals surface area contributed by atoms with E-state index in [1.165, 1.54) is 0 Å². The Balaban J connectivity index is 0.000001000. The minimum absolute atomic E-state index is 0. The molecule has 0 aromatic heterocycles. The molecule has 0 saturated carbocycles. The van der Waals surface area contributed by atoms with Gasteiger partial charge in [-0.15, -0.1) is 12.4 Å². The molecule has 0 bridgehead atoms. The third-order valence-electron chi connectivity index (χ3n) is 2.31. The molecule has 0 atom stereocenters. The number of hydrogen-bond donors (Lipinski definition) is 1. The van der Waals surface area contributed by atoms with Crippen molar-refractivity contribution in [3.05, 3.63) is 0 Å². The molecule has 68 valence electrons. The summed E-state index contributed by atoms with van der Waals surface area (Å²) in [6.45, 7) is 5.34. The molecule has 0 unspecified atom stereocenters. The van der Waals surface area contributed by atoms with Crippen LogP contribution in [0.1, 0.15) is 26.7 Å². The number of nitrogens with one attached hydrogen (secondary N) is 1. The van der Waals surface area contributed by atoms with E-state index in [0.29, 0.717) is 0 Å². The Morgan fingerprint density at radius 3 is 2.00 bits per heavy atom. The summed E-state index contributed by atoms with van der Waals surface area (Å²) in [4.78, 5) is 0. The van der Waals surface area contributed by atoms with Crippen LogP contribution in [-0.4, -0.2) is 18.8 Å². The van der Waals surface area contributed by atoms with Crippen molar-refractivity contribution in [2.24, 2.45) is 5.92 Å². The van der Waals surface area contributed by atoms with Crippen molar-refractivity contribution in [3.63, 3.8) is 0 Å². The van der Waals surface area contributed by atoms with Crippen molar-refractivity contribution in [1.82, 2.24) is 5.32 Å². The van der Waals surface area contributed by atoms with Gasteiger partial charge in [-0.1, -0.05) is 0 Å². The lowest BCUT2D eigenvalue weighted by Crippen LogP contribution is -2.36. The third-order valence-corrected chi connectivity index (χ3v) is 2.31. The van der Waals surface area contributed by atoms with Gasteiger partial charge in [0.15, 0.2) is 0 Å². The highest BCUT2D eigenvalue weighted by atomic mass is 35.5. The maximum Gasteiger partial charge on any atom is 0.108 e. The summed E-state index contributed by atoms with van der Waals surface area (Å²) < 4.78 is 13.2. The van der Waals surface area contributed by atoms with Gasteiger partial charge >= 0.3 is 0 Å². The standard InChI is InChI=1S/C8H16FN.ClH/c1-8(2,9)7-3-5-10-6-4-7;/h7,10H,3-6H2,1-2H3;1H. The molecule has 0 aliphatic carbocycles. The van der Waals surface area contributed by atoms with Gasteiger partial charge in [0.2, 0.25) is 0 Å². The average molecular weight is 182 g/mol. The predicted octanol–water partition coefficient (Wildman–Crippen LogP) is 2.16. The van der Waals surface area contributed by atoms with Gasteiger partial charge in [0, 0.05) is 0 Å². The molecule has 1 heterocycles. The van der Waals surface area contributed by atoms with E-state index in [0.717, 1.165) is 25.9 Å². The van der Waals surface area contributed by atoms with Crippen LogP contribution in [0.3, 0.4) is 0 Å². The van der Waals surface area contributed by atoms with E-state index < -0.39 is 5.67 Å². The zero-order valence-corrected chi connectivity index (χ0v) is 8.01. The quantitative estimate of drug-likeness (QED) is 0.654. The van der Waals surface area contributed by atoms with Crippen LogP contribution in [0.25, 0.3) is 0 Å².